The first-order valence-electron chi connectivity index (χ1n) is 13.4. The number of amides is 2. The molecule has 1 heterocycles. The Morgan fingerprint density at radius 3 is 2.32 bits per heavy atom. The van der Waals surface area contributed by atoms with E-state index >= 15 is 4.39 Å². The molecule has 10 nitrogen and oxygen atoms in total. The third-order valence-corrected chi connectivity index (χ3v) is 7.13. The van der Waals surface area contributed by atoms with Gasteiger partial charge in [-0.1, -0.05) is 17.7 Å². The van der Waals surface area contributed by atoms with Crippen molar-refractivity contribution in [2.75, 3.05) is 24.4 Å². The number of aliphatic carboxylic acids is 1. The number of nitrogens with one attached hydrogen (secondary N) is 2. The molecule has 4 aromatic rings. The molecule has 1 aliphatic rings. The Hall–Kier alpha value is -3.26. The number of nitrogens with zero attached hydrogens (tertiary/aromatic N) is 1. The predicted molar refractivity (Wildman–Crippen MR) is 165 cm³/mol. The zero-order chi connectivity index (χ0) is 30.6. The summed E-state index contributed by atoms with van der Waals surface area (Å²) in [6.45, 7) is 0.173. The van der Waals surface area contributed by atoms with Gasteiger partial charge in [-0.15, -0.1) is 0 Å². The van der Waals surface area contributed by atoms with E-state index in [2.05, 4.69) is 15.6 Å². The van der Waals surface area contributed by atoms with Crippen molar-refractivity contribution in [1.29, 1.82) is 0 Å². The molecule has 44 heavy (non-hydrogen) atoms. The van der Waals surface area contributed by atoms with Crippen molar-refractivity contribution in [3.63, 3.8) is 0 Å². The van der Waals surface area contributed by atoms with E-state index in [0.717, 1.165) is 6.07 Å². The first kappa shape index (κ1) is 33.6. The number of hydrogen-bond donors (Lipinski definition) is 3. The number of carboxylic acids is 1. The zero-order valence-electron chi connectivity index (χ0n) is 23.0. The number of rotatable bonds is 12. The molecule has 0 saturated heterocycles. The van der Waals surface area contributed by atoms with Crippen LogP contribution in [0.2, 0.25) is 5.02 Å². The number of ether oxygens (including phenoxy) is 3. The average Bonchev–Trinajstić information content (AvgIpc) is 3.79. The first-order chi connectivity index (χ1) is 20.7. The molecule has 1 saturated carbocycles. The van der Waals surface area contributed by atoms with Gasteiger partial charge in [0.2, 0.25) is 11.8 Å². The Labute approximate surface area is 299 Å². The van der Waals surface area contributed by atoms with Gasteiger partial charge in [-0.25, -0.2) is 4.39 Å². The third-order valence-electron chi connectivity index (χ3n) is 6.89. The van der Waals surface area contributed by atoms with Gasteiger partial charge in [-0.05, 0) is 61.7 Å². The number of carboxylic acid groups (broad SMARTS) is 1. The van der Waals surface area contributed by atoms with Gasteiger partial charge in [-0.3, -0.25) is 19.4 Å². The van der Waals surface area contributed by atoms with Crippen molar-refractivity contribution in [3.05, 3.63) is 77.7 Å². The fourth-order valence-electron chi connectivity index (χ4n) is 4.43. The van der Waals surface area contributed by atoms with E-state index in [4.69, 9.17) is 30.9 Å². The fourth-order valence-corrected chi connectivity index (χ4v) is 4.62. The Morgan fingerprint density at radius 2 is 1.68 bits per heavy atom. The average molecular weight is 648 g/mol. The Bertz CT molecular complexity index is 1720. The van der Waals surface area contributed by atoms with Gasteiger partial charge in [0, 0.05) is 46.5 Å². The molecule has 5 rings (SSSR count). The van der Waals surface area contributed by atoms with Gasteiger partial charge >= 0.3 is 57.4 Å². The van der Waals surface area contributed by atoms with Crippen LogP contribution in [0.5, 0.6) is 23.0 Å². The first-order valence-corrected chi connectivity index (χ1v) is 13.7. The van der Waals surface area contributed by atoms with Gasteiger partial charge < -0.3 is 30.0 Å². The fraction of sp³-hybridized carbons (Fsp3) is 0.226. The molecule has 3 aromatic carbocycles. The Kier molecular flexibility index (Phi) is 11.2. The molecule has 0 atom stereocenters. The summed E-state index contributed by atoms with van der Waals surface area (Å²) in [6, 6.07) is 15.4. The van der Waals surface area contributed by atoms with Gasteiger partial charge in [0.05, 0.1) is 19.2 Å². The van der Waals surface area contributed by atoms with E-state index < -0.39 is 29.0 Å². The van der Waals surface area contributed by atoms with Crippen LogP contribution in [0.3, 0.4) is 0 Å². The number of aromatic nitrogens is 1. The van der Waals surface area contributed by atoms with Gasteiger partial charge in [0.15, 0.2) is 23.1 Å². The number of anilines is 2. The Balaban J connectivity index is 0.00000442. The second-order valence-electron chi connectivity index (χ2n) is 9.92. The van der Waals surface area contributed by atoms with Gasteiger partial charge in [0.1, 0.15) is 11.2 Å². The summed E-state index contributed by atoms with van der Waals surface area (Å²) < 4.78 is 32.1. The Morgan fingerprint density at radius 1 is 0.955 bits per heavy atom. The molecule has 13 heteroatoms. The van der Waals surface area contributed by atoms with Crippen molar-refractivity contribution in [1.82, 2.24) is 4.98 Å². The standard InChI is InChI=1S/C31H27ClFN3O7.K.H/c1-41-26-16-21-23(17-27(26)42-13-3-6-28(37)38)34-12-9-24(21)43-25-8-7-20(15-22(25)33)36-30(40)31(10-11-31)29(39)35-19-5-2-4-18(32)14-19;;/h2,4-5,7-9,12,14-17H,3,6,10-11,13H2,1H3,(H,35,39)(H,36,40)(H,37,38);;. The van der Waals surface area contributed by atoms with E-state index in [-0.39, 0.29) is 75.8 Å². The van der Waals surface area contributed by atoms with Crippen molar-refractivity contribution in [2.24, 2.45) is 5.41 Å². The topological polar surface area (TPSA) is 136 Å². The minimum absolute atomic E-state index is 0. The second-order valence-corrected chi connectivity index (χ2v) is 10.4. The van der Waals surface area contributed by atoms with Crippen LogP contribution in [0.4, 0.5) is 15.8 Å². The molecule has 0 unspecified atom stereocenters. The number of carbonyl (C=O) groups is 3. The third kappa shape index (κ3) is 7.87. The van der Waals surface area contributed by atoms with Crippen molar-refractivity contribution >= 4 is 103 Å². The maximum absolute atomic E-state index is 15.2. The molecule has 0 bridgehead atoms. The van der Waals surface area contributed by atoms with Crippen LogP contribution in [0.25, 0.3) is 10.9 Å². The molecule has 0 aliphatic heterocycles. The number of benzene rings is 3. The van der Waals surface area contributed by atoms with Gasteiger partial charge in [-0.2, -0.15) is 0 Å². The van der Waals surface area contributed by atoms with Crippen LogP contribution < -0.4 is 24.8 Å². The zero-order valence-corrected chi connectivity index (χ0v) is 23.7. The monoisotopic (exact) mass is 647 g/mol. The molecule has 0 spiro atoms. The molecule has 1 aromatic heterocycles. The predicted octanol–water partition coefficient (Wildman–Crippen LogP) is 5.78. The van der Waals surface area contributed by atoms with E-state index in [1.807, 2.05) is 0 Å². The summed E-state index contributed by atoms with van der Waals surface area (Å²) in [4.78, 5) is 41.0. The van der Waals surface area contributed by atoms with E-state index in [1.165, 1.54) is 25.4 Å². The number of fused-ring (bicyclic) bond motifs is 1. The van der Waals surface area contributed by atoms with Crippen molar-refractivity contribution in [2.45, 2.75) is 25.7 Å². The summed E-state index contributed by atoms with van der Waals surface area (Å²) >= 11 is 5.98. The van der Waals surface area contributed by atoms with Crippen LogP contribution in [-0.2, 0) is 14.4 Å². The van der Waals surface area contributed by atoms with Crippen LogP contribution >= 0.6 is 11.6 Å². The summed E-state index contributed by atoms with van der Waals surface area (Å²) in [5, 5.41) is 15.2. The summed E-state index contributed by atoms with van der Waals surface area (Å²) in [5.74, 6) is -1.69. The SMILES string of the molecule is COc1cc2c(Oc3ccc(NC(=O)C4(C(=O)Nc5cccc(Cl)c5)CC4)cc3F)ccnc2cc1OCCCC(=O)O.[KH]. The number of carbonyl (C=O) groups excluding carboxylic acids is 2. The molecule has 224 valence electrons. The molecular formula is C31H28ClFKN3O7. The quantitative estimate of drug-likeness (QED) is 0.100. The molecule has 0 radical (unpaired) electrons. The minimum atomic E-state index is -1.25. The number of methoxy groups -OCH3 is 1. The molecule has 1 fully saturated rings. The normalized spacial score (nSPS) is 12.9. The molecule has 3 N–H and O–H groups in total. The van der Waals surface area contributed by atoms with Crippen LogP contribution in [-0.4, -0.2) is 93.0 Å². The second kappa shape index (κ2) is 14.7. The van der Waals surface area contributed by atoms with Crippen molar-refractivity contribution in [3.8, 4) is 23.0 Å². The molecule has 2 amide bonds. The van der Waals surface area contributed by atoms with Gasteiger partial charge in [0.25, 0.3) is 0 Å². The van der Waals surface area contributed by atoms with E-state index in [0.29, 0.717) is 58.1 Å². The maximum atomic E-state index is 15.2. The van der Waals surface area contributed by atoms with Crippen LogP contribution in [0, 0.1) is 11.2 Å². The number of pyridine rings is 1. The molecule has 1 aliphatic carbocycles. The van der Waals surface area contributed by atoms with Crippen LogP contribution in [0.15, 0.2) is 66.9 Å². The molecular weight excluding hydrogens is 620 g/mol. The van der Waals surface area contributed by atoms with Crippen LogP contribution in [0.1, 0.15) is 25.7 Å². The van der Waals surface area contributed by atoms with E-state index in [9.17, 15) is 14.4 Å². The summed E-state index contributed by atoms with van der Waals surface area (Å²) in [6.07, 6.45) is 2.51. The number of hydrogen-bond acceptors (Lipinski definition) is 7. The van der Waals surface area contributed by atoms with E-state index in [1.54, 1.807) is 42.5 Å². The van der Waals surface area contributed by atoms with Crippen molar-refractivity contribution < 1.29 is 38.1 Å². The number of halogens is 2. The summed E-state index contributed by atoms with van der Waals surface area (Å²) in [5.41, 5.74) is -0.115. The summed E-state index contributed by atoms with van der Waals surface area (Å²) in [7, 11) is 1.46.